The second kappa shape index (κ2) is 9.17. The largest absolute Gasteiger partial charge is 0.339 e. The molecular formula is C21H33N3O2. The van der Waals surface area contributed by atoms with Crippen molar-refractivity contribution in [2.24, 2.45) is 0 Å². The summed E-state index contributed by atoms with van der Waals surface area (Å²) in [4.78, 5) is 28.8. The molecule has 5 heteroatoms. The molecule has 0 bridgehead atoms. The highest BCUT2D eigenvalue weighted by molar-refractivity contribution is 5.94. The molecule has 1 aliphatic heterocycles. The summed E-state index contributed by atoms with van der Waals surface area (Å²) in [7, 11) is 1.83. The first-order chi connectivity index (χ1) is 12.3. The van der Waals surface area contributed by atoms with Crippen LogP contribution in [-0.2, 0) is 9.59 Å². The summed E-state index contributed by atoms with van der Waals surface area (Å²) in [5.41, 5.74) is 4.19. The molecule has 1 aromatic carbocycles. The lowest BCUT2D eigenvalue weighted by atomic mass is 10.00. The van der Waals surface area contributed by atoms with E-state index >= 15 is 0 Å². The Balaban J connectivity index is 1.90. The van der Waals surface area contributed by atoms with Crippen molar-refractivity contribution in [3.63, 3.8) is 0 Å². The van der Waals surface area contributed by atoms with E-state index < -0.39 is 0 Å². The molecule has 0 aliphatic carbocycles. The highest BCUT2D eigenvalue weighted by Gasteiger charge is 2.26. The van der Waals surface area contributed by atoms with Crippen LogP contribution in [-0.4, -0.2) is 54.3 Å². The third kappa shape index (κ3) is 5.31. The van der Waals surface area contributed by atoms with Crippen molar-refractivity contribution in [2.45, 2.75) is 59.4 Å². The van der Waals surface area contributed by atoms with E-state index in [-0.39, 0.29) is 24.9 Å². The lowest BCUT2D eigenvalue weighted by molar-refractivity contribution is -0.136. The number of anilines is 1. The highest BCUT2D eigenvalue weighted by Crippen LogP contribution is 2.22. The van der Waals surface area contributed by atoms with Crippen LogP contribution in [0.3, 0.4) is 0 Å². The Morgan fingerprint density at radius 3 is 2.42 bits per heavy atom. The fraction of sp³-hybridized carbons (Fsp3) is 0.619. The van der Waals surface area contributed by atoms with Gasteiger partial charge >= 0.3 is 0 Å². The number of piperidine rings is 1. The maximum Gasteiger partial charge on any atom is 0.238 e. The average Bonchev–Trinajstić information content (AvgIpc) is 2.57. The average molecular weight is 360 g/mol. The van der Waals surface area contributed by atoms with Gasteiger partial charge in [-0.05, 0) is 64.6 Å². The van der Waals surface area contributed by atoms with Crippen molar-refractivity contribution in [3.05, 3.63) is 28.8 Å². The first-order valence-electron chi connectivity index (χ1n) is 9.67. The van der Waals surface area contributed by atoms with Gasteiger partial charge in [0.25, 0.3) is 0 Å². The standard InChI is InChI=1S/C21H33N3O2/c1-6-18-9-7-8-10-24(18)20(26)14-23(5)13-19(25)22-21-16(3)11-15(2)12-17(21)4/h11-12,18H,6-10,13-14H2,1-5H3,(H,22,25)/t18-/m1/s1. The molecule has 5 nitrogen and oxygen atoms in total. The minimum absolute atomic E-state index is 0.0824. The molecule has 0 aromatic heterocycles. The topological polar surface area (TPSA) is 52.7 Å². The normalized spacial score (nSPS) is 17.5. The van der Waals surface area contributed by atoms with Gasteiger partial charge in [0, 0.05) is 18.3 Å². The van der Waals surface area contributed by atoms with Crippen LogP contribution in [0.15, 0.2) is 12.1 Å². The number of hydrogen-bond acceptors (Lipinski definition) is 3. The molecule has 2 amide bonds. The molecule has 1 aliphatic rings. The summed E-state index contributed by atoms with van der Waals surface area (Å²) < 4.78 is 0. The number of nitrogens with one attached hydrogen (secondary N) is 1. The second-order valence-corrected chi connectivity index (χ2v) is 7.64. The van der Waals surface area contributed by atoms with Crippen molar-refractivity contribution in [2.75, 3.05) is 32.0 Å². The van der Waals surface area contributed by atoms with Gasteiger partial charge in [0.1, 0.15) is 0 Å². The molecule has 1 heterocycles. The SMILES string of the molecule is CC[C@@H]1CCCCN1C(=O)CN(C)CC(=O)Nc1c(C)cc(C)cc1C. The third-order valence-corrected chi connectivity index (χ3v) is 5.18. The molecule has 0 spiro atoms. The zero-order valence-electron chi connectivity index (χ0n) is 16.9. The molecule has 0 radical (unpaired) electrons. The maximum absolute atomic E-state index is 12.6. The Labute approximate surface area is 157 Å². The Morgan fingerprint density at radius 2 is 1.81 bits per heavy atom. The van der Waals surface area contributed by atoms with E-state index in [2.05, 4.69) is 31.3 Å². The van der Waals surface area contributed by atoms with Crippen LogP contribution in [0.25, 0.3) is 0 Å². The monoisotopic (exact) mass is 359 g/mol. The van der Waals surface area contributed by atoms with E-state index in [1.807, 2.05) is 25.8 Å². The Hall–Kier alpha value is -1.88. The van der Waals surface area contributed by atoms with Crippen LogP contribution in [0, 0.1) is 20.8 Å². The summed E-state index contributed by atoms with van der Waals surface area (Å²) in [6, 6.07) is 4.49. The summed E-state index contributed by atoms with van der Waals surface area (Å²) in [6.07, 6.45) is 4.38. The fourth-order valence-corrected chi connectivity index (χ4v) is 3.93. The minimum Gasteiger partial charge on any atom is -0.339 e. The molecule has 144 valence electrons. The number of carbonyl (C=O) groups excluding carboxylic acids is 2. The summed E-state index contributed by atoms with van der Waals surface area (Å²) in [5, 5.41) is 3.00. The predicted octanol–water partition coefficient (Wildman–Crippen LogP) is 3.27. The number of likely N-dealkylation sites (N-methyl/N-ethyl adjacent to an activating group) is 1. The first kappa shape index (κ1) is 20.4. The molecule has 1 aromatic rings. The van der Waals surface area contributed by atoms with Crippen LogP contribution >= 0.6 is 0 Å². The summed E-state index contributed by atoms with van der Waals surface area (Å²) in [5.74, 6) is 0.0515. The molecule has 0 unspecified atom stereocenters. The number of hydrogen-bond donors (Lipinski definition) is 1. The summed E-state index contributed by atoms with van der Waals surface area (Å²) in [6.45, 7) is 9.54. The van der Waals surface area contributed by atoms with Crippen molar-refractivity contribution >= 4 is 17.5 Å². The van der Waals surface area contributed by atoms with E-state index in [0.29, 0.717) is 6.04 Å². The van der Waals surface area contributed by atoms with Gasteiger partial charge < -0.3 is 10.2 Å². The Bertz CT molecular complexity index is 634. The first-order valence-corrected chi connectivity index (χ1v) is 9.67. The van der Waals surface area contributed by atoms with Crippen LogP contribution < -0.4 is 5.32 Å². The zero-order chi connectivity index (χ0) is 19.3. The number of aryl methyl sites for hydroxylation is 3. The number of carbonyl (C=O) groups is 2. The molecular weight excluding hydrogens is 326 g/mol. The predicted molar refractivity (Wildman–Crippen MR) is 106 cm³/mol. The van der Waals surface area contributed by atoms with Crippen LogP contribution in [0.2, 0.25) is 0 Å². The highest BCUT2D eigenvalue weighted by atomic mass is 16.2. The van der Waals surface area contributed by atoms with Gasteiger partial charge in [-0.15, -0.1) is 0 Å². The third-order valence-electron chi connectivity index (χ3n) is 5.18. The molecule has 1 N–H and O–H groups in total. The van der Waals surface area contributed by atoms with E-state index in [1.54, 1.807) is 4.90 Å². The lowest BCUT2D eigenvalue weighted by Crippen LogP contribution is -2.48. The fourth-order valence-electron chi connectivity index (χ4n) is 3.93. The van der Waals surface area contributed by atoms with Crippen LogP contribution in [0.4, 0.5) is 5.69 Å². The smallest absolute Gasteiger partial charge is 0.238 e. The Kier molecular flexibility index (Phi) is 7.21. The number of amides is 2. The molecule has 26 heavy (non-hydrogen) atoms. The van der Waals surface area contributed by atoms with E-state index in [0.717, 1.165) is 42.6 Å². The molecule has 2 rings (SSSR count). The van der Waals surface area contributed by atoms with Crippen molar-refractivity contribution in [1.29, 1.82) is 0 Å². The van der Waals surface area contributed by atoms with Crippen LogP contribution in [0.1, 0.15) is 49.3 Å². The van der Waals surface area contributed by atoms with Crippen LogP contribution in [0.5, 0.6) is 0 Å². The van der Waals surface area contributed by atoms with Gasteiger partial charge in [0.15, 0.2) is 0 Å². The second-order valence-electron chi connectivity index (χ2n) is 7.64. The van der Waals surface area contributed by atoms with Crippen molar-refractivity contribution in [1.82, 2.24) is 9.80 Å². The van der Waals surface area contributed by atoms with Gasteiger partial charge in [-0.25, -0.2) is 0 Å². The number of benzene rings is 1. The zero-order valence-corrected chi connectivity index (χ0v) is 16.9. The number of rotatable bonds is 6. The minimum atomic E-state index is -0.0824. The van der Waals surface area contributed by atoms with Crippen molar-refractivity contribution in [3.8, 4) is 0 Å². The maximum atomic E-state index is 12.6. The molecule has 1 fully saturated rings. The quantitative estimate of drug-likeness (QED) is 0.848. The Morgan fingerprint density at radius 1 is 1.15 bits per heavy atom. The number of likely N-dealkylation sites (tertiary alicyclic amines) is 1. The van der Waals surface area contributed by atoms with E-state index in [4.69, 9.17) is 0 Å². The molecule has 1 atom stereocenters. The lowest BCUT2D eigenvalue weighted by Gasteiger charge is -2.36. The van der Waals surface area contributed by atoms with Crippen molar-refractivity contribution < 1.29 is 9.59 Å². The van der Waals surface area contributed by atoms with Gasteiger partial charge in [-0.3, -0.25) is 14.5 Å². The van der Waals surface area contributed by atoms with Gasteiger partial charge in [-0.1, -0.05) is 24.6 Å². The van der Waals surface area contributed by atoms with Gasteiger partial charge in [-0.2, -0.15) is 0 Å². The van der Waals surface area contributed by atoms with E-state index in [1.165, 1.54) is 12.0 Å². The summed E-state index contributed by atoms with van der Waals surface area (Å²) >= 11 is 0. The van der Waals surface area contributed by atoms with Gasteiger partial charge in [0.05, 0.1) is 13.1 Å². The molecule has 1 saturated heterocycles. The number of nitrogens with zero attached hydrogens (tertiary/aromatic N) is 2. The van der Waals surface area contributed by atoms with Gasteiger partial charge in [0.2, 0.25) is 11.8 Å². The molecule has 0 saturated carbocycles. The van der Waals surface area contributed by atoms with E-state index in [9.17, 15) is 9.59 Å².